The number of amides is 2. The minimum Gasteiger partial charge on any atom is -0.420 e. The number of urea groups is 1. The van der Waals surface area contributed by atoms with E-state index in [1.165, 1.54) is 19.3 Å². The van der Waals surface area contributed by atoms with Gasteiger partial charge in [-0.3, -0.25) is 0 Å². The highest BCUT2D eigenvalue weighted by atomic mass is 32.1. The molecule has 2 amide bonds. The second kappa shape index (κ2) is 7.56. The smallest absolute Gasteiger partial charge is 0.317 e. The van der Waals surface area contributed by atoms with Crippen molar-refractivity contribution in [1.29, 1.82) is 0 Å². The predicted octanol–water partition coefficient (Wildman–Crippen LogP) is 4.02. The van der Waals surface area contributed by atoms with Gasteiger partial charge in [-0.1, -0.05) is 19.3 Å². The molecule has 2 aliphatic rings. The lowest BCUT2D eigenvalue weighted by Crippen LogP contribution is -2.48. The lowest BCUT2D eigenvalue weighted by atomic mass is 9.95. The van der Waals surface area contributed by atoms with Crippen LogP contribution in [-0.2, 0) is 0 Å². The molecule has 6 nitrogen and oxygen atoms in total. The Labute approximate surface area is 151 Å². The van der Waals surface area contributed by atoms with Crippen molar-refractivity contribution in [2.24, 2.45) is 0 Å². The van der Waals surface area contributed by atoms with E-state index < -0.39 is 0 Å². The number of piperidine rings is 1. The van der Waals surface area contributed by atoms with Gasteiger partial charge in [-0.25, -0.2) is 4.79 Å². The molecule has 0 radical (unpaired) electrons. The van der Waals surface area contributed by atoms with E-state index in [4.69, 9.17) is 4.42 Å². The van der Waals surface area contributed by atoms with Gasteiger partial charge in [-0.05, 0) is 37.1 Å². The van der Waals surface area contributed by atoms with Crippen molar-refractivity contribution >= 4 is 17.4 Å². The van der Waals surface area contributed by atoms with Crippen LogP contribution in [0.25, 0.3) is 11.5 Å². The minimum atomic E-state index is 0.0640. The number of nitrogens with zero attached hydrogens (tertiary/aromatic N) is 3. The lowest BCUT2D eigenvalue weighted by Gasteiger charge is -2.33. The topological polar surface area (TPSA) is 71.3 Å². The number of rotatable bonds is 3. The van der Waals surface area contributed by atoms with Gasteiger partial charge < -0.3 is 14.6 Å². The second-order valence-electron chi connectivity index (χ2n) is 7.03. The summed E-state index contributed by atoms with van der Waals surface area (Å²) in [5, 5.41) is 15.6. The Morgan fingerprint density at radius 1 is 1.20 bits per heavy atom. The summed E-state index contributed by atoms with van der Waals surface area (Å²) in [7, 11) is 0. The number of hydrogen-bond donors (Lipinski definition) is 1. The van der Waals surface area contributed by atoms with Crippen LogP contribution in [-0.4, -0.2) is 40.3 Å². The molecule has 7 heteroatoms. The predicted molar refractivity (Wildman–Crippen MR) is 96.6 cm³/mol. The normalized spacial score (nSPS) is 22.1. The molecule has 134 valence electrons. The van der Waals surface area contributed by atoms with E-state index >= 15 is 0 Å². The number of nitrogens with one attached hydrogen (secondary N) is 1. The van der Waals surface area contributed by atoms with Crippen LogP contribution in [0, 0.1) is 0 Å². The molecule has 1 aliphatic carbocycles. The molecular weight excluding hydrogens is 336 g/mol. The van der Waals surface area contributed by atoms with Crippen molar-refractivity contribution in [3.05, 3.63) is 22.7 Å². The van der Waals surface area contributed by atoms with Crippen molar-refractivity contribution in [3.63, 3.8) is 0 Å². The first-order chi connectivity index (χ1) is 12.3. The summed E-state index contributed by atoms with van der Waals surface area (Å²) in [6.45, 7) is 1.46. The summed E-state index contributed by atoms with van der Waals surface area (Å²) in [6, 6.07) is 2.39. The largest absolute Gasteiger partial charge is 0.420 e. The number of likely N-dealkylation sites (tertiary alicyclic amines) is 1. The molecule has 2 aromatic heterocycles. The Balaban J connectivity index is 1.38. The van der Waals surface area contributed by atoms with E-state index in [-0.39, 0.29) is 11.9 Å². The fraction of sp³-hybridized carbons (Fsp3) is 0.611. The molecule has 1 N–H and O–H groups in total. The fourth-order valence-electron chi connectivity index (χ4n) is 3.78. The Morgan fingerprint density at radius 2 is 2.08 bits per heavy atom. The maximum absolute atomic E-state index is 12.6. The van der Waals surface area contributed by atoms with Crippen LogP contribution in [0.5, 0.6) is 0 Å². The van der Waals surface area contributed by atoms with E-state index in [1.54, 1.807) is 11.3 Å². The minimum absolute atomic E-state index is 0.0640. The average Bonchev–Trinajstić information content (AvgIpc) is 3.34. The van der Waals surface area contributed by atoms with E-state index in [9.17, 15) is 4.79 Å². The monoisotopic (exact) mass is 360 g/mol. The van der Waals surface area contributed by atoms with Crippen LogP contribution < -0.4 is 5.32 Å². The quantitative estimate of drug-likeness (QED) is 0.897. The fourth-order valence-corrected chi connectivity index (χ4v) is 4.41. The second-order valence-corrected chi connectivity index (χ2v) is 7.81. The average molecular weight is 360 g/mol. The Hall–Kier alpha value is -1.89. The maximum Gasteiger partial charge on any atom is 0.317 e. The van der Waals surface area contributed by atoms with Crippen molar-refractivity contribution in [3.8, 4) is 11.5 Å². The summed E-state index contributed by atoms with van der Waals surface area (Å²) in [5.41, 5.74) is 0.964. The number of aromatic nitrogens is 2. The van der Waals surface area contributed by atoms with Crippen LogP contribution in [0.4, 0.5) is 4.79 Å². The molecule has 0 aromatic carbocycles. The van der Waals surface area contributed by atoms with Crippen molar-refractivity contribution in [2.75, 3.05) is 13.1 Å². The van der Waals surface area contributed by atoms with Crippen LogP contribution in [0.15, 0.2) is 21.2 Å². The van der Waals surface area contributed by atoms with E-state index in [2.05, 4.69) is 15.5 Å². The van der Waals surface area contributed by atoms with Gasteiger partial charge in [0.05, 0.1) is 5.92 Å². The number of carbonyl (C=O) groups is 1. The Kier molecular flexibility index (Phi) is 5.01. The van der Waals surface area contributed by atoms with Gasteiger partial charge in [0.1, 0.15) is 0 Å². The first-order valence-electron chi connectivity index (χ1n) is 9.21. The SMILES string of the molecule is O=C(NC1CCCCC1)N1CCCC(c2nnc(-c3ccsc3)o2)C1. The number of carbonyl (C=O) groups excluding carboxylic acids is 1. The molecule has 1 unspecified atom stereocenters. The highest BCUT2D eigenvalue weighted by molar-refractivity contribution is 7.08. The zero-order valence-electron chi connectivity index (χ0n) is 14.3. The molecule has 1 saturated heterocycles. The van der Waals surface area contributed by atoms with Gasteiger partial charge >= 0.3 is 6.03 Å². The van der Waals surface area contributed by atoms with Gasteiger partial charge in [0.15, 0.2) is 0 Å². The van der Waals surface area contributed by atoms with Crippen molar-refractivity contribution in [2.45, 2.75) is 56.9 Å². The highest BCUT2D eigenvalue weighted by Crippen LogP contribution is 2.29. The molecule has 3 heterocycles. The van der Waals surface area contributed by atoms with Gasteiger partial charge in [-0.15, -0.1) is 10.2 Å². The first-order valence-corrected chi connectivity index (χ1v) is 10.2. The summed E-state index contributed by atoms with van der Waals surface area (Å²) >= 11 is 1.61. The Bertz CT molecular complexity index is 694. The van der Waals surface area contributed by atoms with E-state index in [0.717, 1.165) is 37.8 Å². The molecule has 2 aromatic rings. The first kappa shape index (κ1) is 16.6. The maximum atomic E-state index is 12.6. The van der Waals surface area contributed by atoms with Crippen LogP contribution in [0.3, 0.4) is 0 Å². The van der Waals surface area contributed by atoms with E-state index in [1.807, 2.05) is 21.7 Å². The molecule has 1 saturated carbocycles. The van der Waals surface area contributed by atoms with E-state index in [0.29, 0.717) is 24.4 Å². The summed E-state index contributed by atoms with van der Waals surface area (Å²) in [5.74, 6) is 1.35. The van der Waals surface area contributed by atoms with Crippen molar-refractivity contribution < 1.29 is 9.21 Å². The standard InChI is InChI=1S/C18H24N4O2S/c23-18(19-15-6-2-1-3-7-15)22-9-4-5-13(11-22)16-20-21-17(24-16)14-8-10-25-12-14/h8,10,12-13,15H,1-7,9,11H2,(H,19,23). The van der Waals surface area contributed by atoms with Crippen molar-refractivity contribution in [1.82, 2.24) is 20.4 Å². The number of thiophene rings is 1. The zero-order chi connectivity index (χ0) is 17.1. The third-order valence-electron chi connectivity index (χ3n) is 5.20. The molecule has 1 aliphatic heterocycles. The van der Waals surface area contributed by atoms with Crippen LogP contribution in [0.1, 0.15) is 56.8 Å². The van der Waals surface area contributed by atoms with Gasteiger partial charge in [0.25, 0.3) is 0 Å². The molecular formula is C18H24N4O2S. The molecule has 4 rings (SSSR count). The molecule has 2 fully saturated rings. The van der Waals surface area contributed by atoms with Crippen LogP contribution in [0.2, 0.25) is 0 Å². The molecule has 0 bridgehead atoms. The molecule has 25 heavy (non-hydrogen) atoms. The van der Waals surface area contributed by atoms with Gasteiger partial charge in [0.2, 0.25) is 11.8 Å². The molecule has 0 spiro atoms. The Morgan fingerprint density at radius 3 is 2.88 bits per heavy atom. The highest BCUT2D eigenvalue weighted by Gasteiger charge is 2.29. The summed E-state index contributed by atoms with van der Waals surface area (Å²) in [6.07, 6.45) is 7.91. The summed E-state index contributed by atoms with van der Waals surface area (Å²) in [4.78, 5) is 14.5. The third kappa shape index (κ3) is 3.86. The van der Waals surface area contributed by atoms with Gasteiger partial charge in [0, 0.05) is 30.1 Å². The summed E-state index contributed by atoms with van der Waals surface area (Å²) < 4.78 is 5.87. The zero-order valence-corrected chi connectivity index (χ0v) is 15.1. The lowest BCUT2D eigenvalue weighted by molar-refractivity contribution is 0.168. The third-order valence-corrected chi connectivity index (χ3v) is 5.88. The van der Waals surface area contributed by atoms with Gasteiger partial charge in [-0.2, -0.15) is 11.3 Å². The van der Waals surface area contributed by atoms with Crippen LogP contribution >= 0.6 is 11.3 Å². The molecule has 1 atom stereocenters. The number of hydrogen-bond acceptors (Lipinski definition) is 5.